The molecule has 1 amide bonds. The summed E-state index contributed by atoms with van der Waals surface area (Å²) in [6.45, 7) is 3.85. The van der Waals surface area contributed by atoms with Crippen molar-refractivity contribution in [1.82, 2.24) is 0 Å². The van der Waals surface area contributed by atoms with Crippen molar-refractivity contribution in [2.24, 2.45) is 11.7 Å². The Morgan fingerprint density at radius 1 is 1.73 bits per heavy atom. The molecule has 0 fully saturated rings. The highest BCUT2D eigenvalue weighted by molar-refractivity contribution is 5.64. The van der Waals surface area contributed by atoms with E-state index in [4.69, 9.17) is 5.73 Å². The van der Waals surface area contributed by atoms with E-state index in [9.17, 15) is 9.90 Å². The van der Waals surface area contributed by atoms with Gasteiger partial charge in [0.1, 0.15) is 0 Å². The summed E-state index contributed by atoms with van der Waals surface area (Å²) in [6, 6.07) is 0. The summed E-state index contributed by atoms with van der Waals surface area (Å²) in [7, 11) is 0. The molecule has 11 heavy (non-hydrogen) atoms. The van der Waals surface area contributed by atoms with Gasteiger partial charge in [-0.15, -0.1) is 0 Å². The highest BCUT2D eigenvalue weighted by Gasteiger charge is 2.12. The summed E-state index contributed by atoms with van der Waals surface area (Å²) in [5.41, 5.74) is 4.74. The maximum Gasteiger partial charge on any atom is 0.404 e. The first-order valence-corrected chi connectivity index (χ1v) is 3.68. The number of hydrogen-bond donors (Lipinski definition) is 2. The van der Waals surface area contributed by atoms with E-state index >= 15 is 0 Å². The van der Waals surface area contributed by atoms with E-state index in [1.807, 2.05) is 6.92 Å². The van der Waals surface area contributed by atoms with Crippen molar-refractivity contribution >= 4 is 6.09 Å². The summed E-state index contributed by atoms with van der Waals surface area (Å²) in [5, 5.41) is 9.21. The molecule has 0 aromatic carbocycles. The van der Waals surface area contributed by atoms with Gasteiger partial charge in [0.25, 0.3) is 0 Å². The van der Waals surface area contributed by atoms with Gasteiger partial charge < -0.3 is 15.6 Å². The molecule has 0 bridgehead atoms. The molecule has 0 aliphatic carbocycles. The van der Waals surface area contributed by atoms with Crippen LogP contribution >= 0.6 is 0 Å². The van der Waals surface area contributed by atoms with Crippen LogP contribution in [0.25, 0.3) is 0 Å². The van der Waals surface area contributed by atoms with Crippen LogP contribution < -0.4 is 5.73 Å². The molecule has 0 saturated carbocycles. The molecule has 2 atom stereocenters. The van der Waals surface area contributed by atoms with Gasteiger partial charge in [-0.1, -0.05) is 13.8 Å². The summed E-state index contributed by atoms with van der Waals surface area (Å²) >= 11 is 0. The van der Waals surface area contributed by atoms with Crippen LogP contribution in [0.5, 0.6) is 0 Å². The molecule has 4 heteroatoms. The molecule has 66 valence electrons. The third-order valence-electron chi connectivity index (χ3n) is 1.56. The topological polar surface area (TPSA) is 72.6 Å². The third-order valence-corrected chi connectivity index (χ3v) is 1.56. The van der Waals surface area contributed by atoms with Gasteiger partial charge in [0, 0.05) is 5.92 Å². The Morgan fingerprint density at radius 2 is 2.27 bits per heavy atom. The lowest BCUT2D eigenvalue weighted by Gasteiger charge is -2.15. The summed E-state index contributed by atoms with van der Waals surface area (Å²) in [5.74, 6) is -0.0486. The fraction of sp³-hybridized carbons (Fsp3) is 0.857. The molecular weight excluding hydrogens is 146 g/mol. The van der Waals surface area contributed by atoms with Gasteiger partial charge in [0.15, 0.2) is 0 Å². The molecule has 4 nitrogen and oxygen atoms in total. The Labute approximate surface area is 66.3 Å². The van der Waals surface area contributed by atoms with Gasteiger partial charge in [-0.05, 0) is 6.42 Å². The second-order valence-electron chi connectivity index (χ2n) is 2.58. The van der Waals surface area contributed by atoms with Gasteiger partial charge in [-0.2, -0.15) is 0 Å². The Morgan fingerprint density at radius 3 is 2.64 bits per heavy atom. The van der Waals surface area contributed by atoms with Crippen LogP contribution in [0.15, 0.2) is 0 Å². The molecule has 0 aromatic heterocycles. The summed E-state index contributed by atoms with van der Waals surface area (Å²) in [4.78, 5) is 10.1. The maximum atomic E-state index is 10.1. The number of aliphatic hydroxyl groups is 1. The Bertz CT molecular complexity index is 127. The minimum Gasteiger partial charge on any atom is -0.449 e. The minimum atomic E-state index is -0.792. The first-order chi connectivity index (χ1) is 5.07. The van der Waals surface area contributed by atoms with Crippen molar-refractivity contribution in [3.63, 3.8) is 0 Å². The second-order valence-corrected chi connectivity index (χ2v) is 2.58. The van der Waals surface area contributed by atoms with Crippen LogP contribution in [0.1, 0.15) is 20.3 Å². The fourth-order valence-corrected chi connectivity index (χ4v) is 0.727. The highest BCUT2D eigenvalue weighted by Crippen LogP contribution is 2.06. The lowest BCUT2D eigenvalue weighted by molar-refractivity contribution is 0.0623. The Hall–Kier alpha value is -0.770. The number of aliphatic hydroxyl groups excluding tert-OH is 1. The lowest BCUT2D eigenvalue weighted by atomic mass is 10.0. The van der Waals surface area contributed by atoms with Gasteiger partial charge in [0.05, 0.1) is 12.7 Å². The fourth-order valence-electron chi connectivity index (χ4n) is 0.727. The first-order valence-electron chi connectivity index (χ1n) is 3.68. The SMILES string of the molecule is CCC(O)C(C)COC(N)=O. The number of rotatable bonds is 4. The molecule has 0 aromatic rings. The highest BCUT2D eigenvalue weighted by atomic mass is 16.5. The lowest BCUT2D eigenvalue weighted by Crippen LogP contribution is -2.25. The van der Waals surface area contributed by atoms with Crippen molar-refractivity contribution < 1.29 is 14.6 Å². The molecule has 0 radical (unpaired) electrons. The standard InChI is InChI=1S/C7H15NO3/c1-3-6(9)5(2)4-11-7(8)10/h5-6,9H,3-4H2,1-2H3,(H2,8,10). The Balaban J connectivity index is 3.51. The number of carbonyl (C=O) groups is 1. The molecule has 2 unspecified atom stereocenters. The largest absolute Gasteiger partial charge is 0.449 e. The zero-order valence-electron chi connectivity index (χ0n) is 6.91. The van der Waals surface area contributed by atoms with E-state index in [1.165, 1.54) is 0 Å². The molecule has 0 saturated heterocycles. The maximum absolute atomic E-state index is 10.1. The zero-order chi connectivity index (χ0) is 8.85. The van der Waals surface area contributed by atoms with Crippen molar-refractivity contribution in [2.45, 2.75) is 26.4 Å². The van der Waals surface area contributed by atoms with Crippen LogP contribution in [-0.4, -0.2) is 23.9 Å². The number of nitrogens with two attached hydrogens (primary N) is 1. The molecule has 0 aliphatic rings. The van der Waals surface area contributed by atoms with E-state index in [2.05, 4.69) is 4.74 Å². The normalized spacial score (nSPS) is 15.5. The number of primary amides is 1. The molecule has 0 aliphatic heterocycles. The third kappa shape index (κ3) is 4.61. The van der Waals surface area contributed by atoms with Crippen LogP contribution in [0.4, 0.5) is 4.79 Å². The van der Waals surface area contributed by atoms with E-state index in [-0.39, 0.29) is 12.5 Å². The van der Waals surface area contributed by atoms with Crippen molar-refractivity contribution in [1.29, 1.82) is 0 Å². The van der Waals surface area contributed by atoms with Crippen LogP contribution in [-0.2, 0) is 4.74 Å². The number of hydrogen-bond acceptors (Lipinski definition) is 3. The first kappa shape index (κ1) is 10.2. The Kier molecular flexibility index (Phi) is 4.61. The molecule has 0 heterocycles. The monoisotopic (exact) mass is 161 g/mol. The average molecular weight is 161 g/mol. The molecule has 0 spiro atoms. The van der Waals surface area contributed by atoms with Crippen molar-refractivity contribution in [2.75, 3.05) is 6.61 Å². The van der Waals surface area contributed by atoms with Gasteiger partial charge in [-0.3, -0.25) is 0 Å². The zero-order valence-corrected chi connectivity index (χ0v) is 6.91. The van der Waals surface area contributed by atoms with E-state index in [0.29, 0.717) is 6.42 Å². The number of ether oxygens (including phenoxy) is 1. The molecule has 3 N–H and O–H groups in total. The van der Waals surface area contributed by atoms with Crippen LogP contribution in [0.2, 0.25) is 0 Å². The predicted molar refractivity (Wildman–Crippen MR) is 41.0 cm³/mol. The summed E-state index contributed by atoms with van der Waals surface area (Å²) < 4.78 is 4.51. The molecular formula is C7H15NO3. The smallest absolute Gasteiger partial charge is 0.404 e. The quantitative estimate of drug-likeness (QED) is 0.630. The van der Waals surface area contributed by atoms with E-state index in [0.717, 1.165) is 0 Å². The van der Waals surface area contributed by atoms with Crippen molar-refractivity contribution in [3.8, 4) is 0 Å². The van der Waals surface area contributed by atoms with Crippen LogP contribution in [0.3, 0.4) is 0 Å². The number of amides is 1. The van der Waals surface area contributed by atoms with E-state index in [1.54, 1.807) is 6.92 Å². The van der Waals surface area contributed by atoms with Gasteiger partial charge >= 0.3 is 6.09 Å². The predicted octanol–water partition coefficient (Wildman–Crippen LogP) is 0.489. The van der Waals surface area contributed by atoms with Gasteiger partial charge in [-0.25, -0.2) is 4.79 Å². The average Bonchev–Trinajstić information content (AvgIpc) is 1.98. The molecule has 0 rings (SSSR count). The van der Waals surface area contributed by atoms with E-state index < -0.39 is 12.2 Å². The van der Waals surface area contributed by atoms with Gasteiger partial charge in [0.2, 0.25) is 0 Å². The number of carbonyl (C=O) groups excluding carboxylic acids is 1. The van der Waals surface area contributed by atoms with Crippen LogP contribution in [0, 0.1) is 5.92 Å². The van der Waals surface area contributed by atoms with Crippen molar-refractivity contribution in [3.05, 3.63) is 0 Å². The minimum absolute atomic E-state index is 0.0486. The second kappa shape index (κ2) is 4.96. The summed E-state index contributed by atoms with van der Waals surface area (Å²) in [6.07, 6.45) is -0.557.